The largest absolute Gasteiger partial charge is 0.461 e. The summed E-state index contributed by atoms with van der Waals surface area (Å²) in [5.74, 6) is -2.28. The molecule has 1 unspecified atom stereocenters. The van der Waals surface area contributed by atoms with Crippen LogP contribution in [-0.4, -0.2) is 69.1 Å². The highest BCUT2D eigenvalue weighted by molar-refractivity contribution is 8.00. The molecule has 3 aromatic rings. The van der Waals surface area contributed by atoms with E-state index < -0.39 is 53.0 Å². The lowest BCUT2D eigenvalue weighted by Crippen LogP contribution is -2.74. The van der Waals surface area contributed by atoms with Crippen LogP contribution in [0.15, 0.2) is 89.4 Å². The lowest BCUT2D eigenvalue weighted by molar-refractivity contribution is -0.164. The van der Waals surface area contributed by atoms with Crippen LogP contribution in [0.2, 0.25) is 0 Å². The molecule has 2 aliphatic rings. The van der Waals surface area contributed by atoms with E-state index in [9.17, 15) is 24.0 Å². The first-order chi connectivity index (χ1) is 22.4. The first-order valence-corrected chi connectivity index (χ1v) is 16.8. The van der Waals surface area contributed by atoms with E-state index >= 15 is 0 Å². The van der Waals surface area contributed by atoms with Gasteiger partial charge in [-0.15, -0.1) is 23.1 Å². The second kappa shape index (κ2) is 14.4. The number of carbonyl (C=O) groups is 5. The summed E-state index contributed by atoms with van der Waals surface area (Å²) in [6, 6.07) is 20.8. The molecule has 1 N–H and O–H groups in total. The lowest BCUT2D eigenvalue weighted by atomic mass is 10.00. The fourth-order valence-corrected chi connectivity index (χ4v) is 7.20. The zero-order chi connectivity index (χ0) is 33.7. The van der Waals surface area contributed by atoms with Crippen molar-refractivity contribution in [2.45, 2.75) is 57.2 Å². The summed E-state index contributed by atoms with van der Waals surface area (Å²) in [7, 11) is 0. The van der Waals surface area contributed by atoms with Crippen LogP contribution in [0.3, 0.4) is 0 Å². The zero-order valence-corrected chi connectivity index (χ0v) is 28.0. The first-order valence-electron chi connectivity index (χ1n) is 14.9. The third-order valence-electron chi connectivity index (χ3n) is 7.15. The fourth-order valence-electron chi connectivity index (χ4n) is 5.14. The summed E-state index contributed by atoms with van der Waals surface area (Å²) in [6.07, 6.45) is -1.76. The molecule has 0 radical (unpaired) electrons. The molecule has 13 heteroatoms. The van der Waals surface area contributed by atoms with Gasteiger partial charge in [-0.25, -0.2) is 20.0 Å². The Kier molecular flexibility index (Phi) is 10.4. The van der Waals surface area contributed by atoms with E-state index in [0.29, 0.717) is 5.57 Å². The van der Waals surface area contributed by atoms with E-state index in [4.69, 9.17) is 14.2 Å². The fraction of sp³-hybridized carbons (Fsp3) is 0.324. The average Bonchev–Trinajstić information content (AvgIpc) is 3.54. The molecule has 0 spiro atoms. The van der Waals surface area contributed by atoms with E-state index in [1.165, 1.54) is 34.9 Å². The molecule has 0 aliphatic carbocycles. The normalized spacial score (nSPS) is 17.4. The molecule has 1 aromatic heterocycles. The summed E-state index contributed by atoms with van der Waals surface area (Å²) in [4.78, 5) is 68.3. The minimum atomic E-state index is -1.14. The molecule has 2 aliphatic heterocycles. The summed E-state index contributed by atoms with van der Waals surface area (Å²) >= 11 is 2.65. The molecule has 5 rings (SSSR count). The highest BCUT2D eigenvalue weighted by Crippen LogP contribution is 2.43. The SMILES string of the molecule is CC(=O)OCC1=C(C(=O)OC(c2ccccc2)c2ccccc2)N2C(=O)C(N(NC(=O)OC(C)(C)C)C(=O)Cc3cccs3)[C@@H]2SC1. The quantitative estimate of drug-likeness (QED) is 0.144. The number of hydrazine groups is 1. The van der Waals surface area contributed by atoms with Gasteiger partial charge in [0.25, 0.3) is 5.91 Å². The van der Waals surface area contributed by atoms with E-state index in [1.54, 1.807) is 32.9 Å². The minimum Gasteiger partial charge on any atom is -0.461 e. The molecule has 2 aromatic carbocycles. The van der Waals surface area contributed by atoms with Crippen LogP contribution in [-0.2, 0) is 39.8 Å². The van der Waals surface area contributed by atoms with Gasteiger partial charge in [-0.2, -0.15) is 0 Å². The molecule has 1 fully saturated rings. The zero-order valence-electron chi connectivity index (χ0n) is 26.3. The monoisotopic (exact) mass is 677 g/mol. The number of rotatable bonds is 9. The van der Waals surface area contributed by atoms with Gasteiger partial charge in [0.1, 0.15) is 23.3 Å². The van der Waals surface area contributed by atoms with Crippen LogP contribution in [0.25, 0.3) is 0 Å². The Morgan fingerprint density at radius 2 is 1.62 bits per heavy atom. The van der Waals surface area contributed by atoms with Crippen molar-refractivity contribution in [2.75, 3.05) is 12.4 Å². The standard InChI is InChI=1S/C34H35N3O8S2/c1-21(38)43-19-24-20-47-31-28(37(35-33(42)45-34(2,3)4)26(39)18-25-16-11-17-46-25)30(40)36(31)27(24)32(41)44-29(22-12-7-5-8-13-22)23-14-9-6-10-15-23/h5-17,28-29,31H,18-20H2,1-4H3,(H,35,42)/t28?,31-/m0/s1. The average molecular weight is 678 g/mol. The summed E-state index contributed by atoms with van der Waals surface area (Å²) in [5.41, 5.74) is 3.39. The van der Waals surface area contributed by atoms with Crippen LogP contribution < -0.4 is 5.43 Å². The maximum Gasteiger partial charge on any atom is 0.426 e. The number of hydrogen-bond acceptors (Lipinski definition) is 10. The predicted octanol–water partition coefficient (Wildman–Crippen LogP) is 4.99. The number of hydrogen-bond donors (Lipinski definition) is 1. The van der Waals surface area contributed by atoms with Crippen molar-refractivity contribution in [3.63, 3.8) is 0 Å². The second-order valence-corrected chi connectivity index (χ2v) is 14.0. The molecular formula is C34H35N3O8S2. The molecule has 3 heterocycles. The number of amides is 3. The molecule has 47 heavy (non-hydrogen) atoms. The third kappa shape index (κ3) is 8.03. The van der Waals surface area contributed by atoms with Crippen LogP contribution >= 0.6 is 23.1 Å². The third-order valence-corrected chi connectivity index (χ3v) is 9.36. The van der Waals surface area contributed by atoms with E-state index in [0.717, 1.165) is 21.0 Å². The van der Waals surface area contributed by atoms with Crippen molar-refractivity contribution in [3.05, 3.63) is 105 Å². The highest BCUT2D eigenvalue weighted by atomic mass is 32.2. The summed E-state index contributed by atoms with van der Waals surface area (Å²) < 4.78 is 16.8. The van der Waals surface area contributed by atoms with Gasteiger partial charge in [0, 0.05) is 23.1 Å². The van der Waals surface area contributed by atoms with Gasteiger partial charge in [-0.3, -0.25) is 19.3 Å². The van der Waals surface area contributed by atoms with Crippen molar-refractivity contribution < 1.29 is 38.2 Å². The predicted molar refractivity (Wildman–Crippen MR) is 176 cm³/mol. The first kappa shape index (κ1) is 33.7. The Morgan fingerprint density at radius 1 is 0.979 bits per heavy atom. The van der Waals surface area contributed by atoms with Crippen molar-refractivity contribution in [1.82, 2.24) is 15.3 Å². The Morgan fingerprint density at radius 3 is 2.17 bits per heavy atom. The second-order valence-electron chi connectivity index (χ2n) is 11.8. The van der Waals surface area contributed by atoms with Gasteiger partial charge in [-0.1, -0.05) is 66.7 Å². The number of ether oxygens (including phenoxy) is 3. The molecule has 1 saturated heterocycles. The molecule has 3 amide bonds. The number of fused-ring (bicyclic) bond motifs is 1. The van der Waals surface area contributed by atoms with Crippen molar-refractivity contribution in [2.24, 2.45) is 0 Å². The molecule has 0 saturated carbocycles. The van der Waals surface area contributed by atoms with Crippen molar-refractivity contribution in [1.29, 1.82) is 0 Å². The van der Waals surface area contributed by atoms with Gasteiger partial charge in [0.05, 0.1) is 6.42 Å². The number of nitrogens with one attached hydrogen (secondary N) is 1. The number of nitrogens with zero attached hydrogens (tertiary/aromatic N) is 2. The minimum absolute atomic E-state index is 0.0592. The molecule has 11 nitrogen and oxygen atoms in total. The Hall–Kier alpha value is -4.62. The lowest BCUT2D eigenvalue weighted by Gasteiger charge is -2.52. The van der Waals surface area contributed by atoms with Gasteiger partial charge in [0.2, 0.25) is 5.91 Å². The Balaban J connectivity index is 1.46. The molecule has 246 valence electrons. The summed E-state index contributed by atoms with van der Waals surface area (Å²) in [5, 5.41) is 2.08. The number of esters is 2. The van der Waals surface area contributed by atoms with Crippen molar-refractivity contribution in [3.8, 4) is 0 Å². The van der Waals surface area contributed by atoms with Gasteiger partial charge < -0.3 is 14.2 Å². The Bertz CT molecular complexity index is 1620. The van der Waals surface area contributed by atoms with E-state index in [2.05, 4.69) is 5.43 Å². The van der Waals surface area contributed by atoms with Gasteiger partial charge in [0.15, 0.2) is 12.1 Å². The van der Waals surface area contributed by atoms with Gasteiger partial charge in [-0.05, 0) is 43.3 Å². The summed E-state index contributed by atoms with van der Waals surface area (Å²) in [6.45, 7) is 6.07. The van der Waals surface area contributed by atoms with Crippen LogP contribution in [0.5, 0.6) is 0 Å². The topological polar surface area (TPSA) is 132 Å². The number of thiophene rings is 1. The van der Waals surface area contributed by atoms with Crippen LogP contribution in [0.4, 0.5) is 4.79 Å². The molecule has 0 bridgehead atoms. The van der Waals surface area contributed by atoms with Crippen molar-refractivity contribution >= 4 is 52.9 Å². The Labute approximate surface area is 280 Å². The van der Waals surface area contributed by atoms with Gasteiger partial charge >= 0.3 is 18.0 Å². The number of thioether (sulfide) groups is 1. The molecule has 2 atom stereocenters. The number of benzene rings is 2. The number of β-lactam (4-membered cyclic amide) rings is 1. The van der Waals surface area contributed by atoms with Crippen LogP contribution in [0, 0.1) is 0 Å². The highest BCUT2D eigenvalue weighted by Gasteiger charge is 2.58. The number of carbonyl (C=O) groups excluding carboxylic acids is 5. The van der Waals surface area contributed by atoms with Crippen LogP contribution in [0.1, 0.15) is 49.8 Å². The maximum absolute atomic E-state index is 14.1. The maximum atomic E-state index is 14.1. The van der Waals surface area contributed by atoms with E-state index in [-0.39, 0.29) is 24.5 Å². The molecular weight excluding hydrogens is 643 g/mol. The van der Waals surface area contributed by atoms with E-state index in [1.807, 2.05) is 66.0 Å². The smallest absolute Gasteiger partial charge is 0.426 e.